The number of hydrogen-bond acceptors (Lipinski definition) is 3. The molecule has 1 saturated heterocycles. The summed E-state index contributed by atoms with van der Waals surface area (Å²) in [5.41, 5.74) is 0. The predicted octanol–water partition coefficient (Wildman–Crippen LogP) is 2.83. The Bertz CT molecular complexity index is 229. The summed E-state index contributed by atoms with van der Waals surface area (Å²) in [5.74, 6) is 0. The highest BCUT2D eigenvalue weighted by Gasteiger charge is 2.27. The number of methoxy groups -OCH3 is 1. The third-order valence-electron chi connectivity index (χ3n) is 4.55. The molecule has 0 bridgehead atoms. The van der Waals surface area contributed by atoms with E-state index in [1.54, 1.807) is 0 Å². The van der Waals surface area contributed by atoms with Crippen LogP contribution >= 0.6 is 0 Å². The topological polar surface area (TPSA) is 21.7 Å². The van der Waals surface area contributed by atoms with Crippen molar-refractivity contribution in [2.75, 3.05) is 20.2 Å². The molecular weight excluding hydrogens is 226 g/mol. The average Bonchev–Trinajstić information content (AvgIpc) is 2.40. The predicted molar refractivity (Wildman–Crippen MR) is 73.9 cm³/mol. The summed E-state index contributed by atoms with van der Waals surface area (Å²) in [6.07, 6.45) is 8.61. The maximum absolute atomic E-state index is 6.27. The summed E-state index contributed by atoms with van der Waals surface area (Å²) in [6.45, 7) is 6.98. The molecule has 1 aliphatic heterocycles. The van der Waals surface area contributed by atoms with Crippen molar-refractivity contribution in [2.45, 2.75) is 76.7 Å². The maximum atomic E-state index is 6.27. The Morgan fingerprint density at radius 2 is 1.33 bits per heavy atom. The minimum atomic E-state index is 0.479. The first-order chi connectivity index (χ1) is 8.69. The van der Waals surface area contributed by atoms with Crippen molar-refractivity contribution in [3.05, 3.63) is 0 Å². The van der Waals surface area contributed by atoms with Crippen LogP contribution in [0.4, 0.5) is 0 Å². The van der Waals surface area contributed by atoms with Gasteiger partial charge in [-0.2, -0.15) is 0 Å². The highest BCUT2D eigenvalue weighted by atomic mass is 16.5. The number of hydrogen-bond donors (Lipinski definition) is 0. The molecule has 3 heteroatoms. The minimum Gasteiger partial charge on any atom is -0.381 e. The number of likely N-dealkylation sites (tertiary alicyclic amines) is 1. The van der Waals surface area contributed by atoms with Crippen LogP contribution in [0.15, 0.2) is 0 Å². The van der Waals surface area contributed by atoms with Crippen LogP contribution < -0.4 is 0 Å². The van der Waals surface area contributed by atoms with Crippen LogP contribution in [0, 0.1) is 0 Å². The Hall–Kier alpha value is -0.120. The normalized spacial score (nSPS) is 32.0. The SMILES string of the molecule is COC1CCC(OC2CCN(C(C)C)CC2)CC1. The molecule has 0 aromatic rings. The van der Waals surface area contributed by atoms with E-state index in [0.29, 0.717) is 24.4 Å². The standard InChI is InChI=1S/C15H29NO2/c1-12(2)16-10-8-15(9-11-16)18-14-6-4-13(17-3)5-7-14/h12-15H,4-11H2,1-3H3. The molecule has 2 fully saturated rings. The first-order valence-electron chi connectivity index (χ1n) is 7.61. The third kappa shape index (κ3) is 3.94. The van der Waals surface area contributed by atoms with Crippen LogP contribution in [0.3, 0.4) is 0 Å². The summed E-state index contributed by atoms with van der Waals surface area (Å²) >= 11 is 0. The van der Waals surface area contributed by atoms with Gasteiger partial charge in [-0.25, -0.2) is 0 Å². The second kappa shape index (κ2) is 6.88. The van der Waals surface area contributed by atoms with Crippen LogP contribution in [-0.4, -0.2) is 49.5 Å². The number of rotatable bonds is 4. The van der Waals surface area contributed by atoms with Gasteiger partial charge in [0, 0.05) is 26.2 Å². The lowest BCUT2D eigenvalue weighted by atomic mass is 9.94. The molecule has 0 aromatic heterocycles. The lowest BCUT2D eigenvalue weighted by Gasteiger charge is -2.37. The fourth-order valence-corrected chi connectivity index (χ4v) is 3.20. The van der Waals surface area contributed by atoms with Gasteiger partial charge >= 0.3 is 0 Å². The summed E-state index contributed by atoms with van der Waals surface area (Å²) < 4.78 is 11.7. The molecule has 1 saturated carbocycles. The molecule has 0 aromatic carbocycles. The van der Waals surface area contributed by atoms with Gasteiger partial charge in [-0.15, -0.1) is 0 Å². The molecule has 0 atom stereocenters. The molecule has 0 amide bonds. The maximum Gasteiger partial charge on any atom is 0.0603 e. The van der Waals surface area contributed by atoms with Crippen LogP contribution in [0.25, 0.3) is 0 Å². The molecule has 18 heavy (non-hydrogen) atoms. The Morgan fingerprint density at radius 3 is 1.83 bits per heavy atom. The zero-order chi connectivity index (χ0) is 13.0. The smallest absolute Gasteiger partial charge is 0.0603 e. The van der Waals surface area contributed by atoms with Crippen LogP contribution in [0.2, 0.25) is 0 Å². The van der Waals surface area contributed by atoms with Crippen molar-refractivity contribution in [2.24, 2.45) is 0 Å². The highest BCUT2D eigenvalue weighted by molar-refractivity contribution is 4.78. The summed E-state index contributed by atoms with van der Waals surface area (Å²) in [4.78, 5) is 2.56. The van der Waals surface area contributed by atoms with Crippen molar-refractivity contribution >= 4 is 0 Å². The van der Waals surface area contributed by atoms with E-state index in [4.69, 9.17) is 9.47 Å². The molecule has 2 rings (SSSR count). The third-order valence-corrected chi connectivity index (χ3v) is 4.55. The van der Waals surface area contributed by atoms with E-state index >= 15 is 0 Å². The molecule has 0 N–H and O–H groups in total. The number of nitrogens with zero attached hydrogens (tertiary/aromatic N) is 1. The highest BCUT2D eigenvalue weighted by Crippen LogP contribution is 2.26. The Morgan fingerprint density at radius 1 is 0.833 bits per heavy atom. The fraction of sp³-hybridized carbons (Fsp3) is 1.00. The van der Waals surface area contributed by atoms with Crippen LogP contribution in [0.5, 0.6) is 0 Å². The van der Waals surface area contributed by atoms with Gasteiger partial charge in [-0.1, -0.05) is 0 Å². The van der Waals surface area contributed by atoms with Crippen molar-refractivity contribution < 1.29 is 9.47 Å². The molecule has 0 spiro atoms. The van der Waals surface area contributed by atoms with Gasteiger partial charge in [0.15, 0.2) is 0 Å². The van der Waals surface area contributed by atoms with E-state index < -0.39 is 0 Å². The van der Waals surface area contributed by atoms with Crippen molar-refractivity contribution in [1.82, 2.24) is 4.90 Å². The molecule has 0 unspecified atom stereocenters. The van der Waals surface area contributed by atoms with Crippen molar-refractivity contribution in [1.29, 1.82) is 0 Å². The molecular formula is C15H29NO2. The summed E-state index contributed by atoms with van der Waals surface area (Å²) in [6, 6.07) is 0.683. The quantitative estimate of drug-likeness (QED) is 0.771. The summed E-state index contributed by atoms with van der Waals surface area (Å²) in [5, 5.41) is 0. The zero-order valence-corrected chi connectivity index (χ0v) is 12.2. The molecule has 1 aliphatic carbocycles. The van der Waals surface area contributed by atoms with Gasteiger partial charge < -0.3 is 14.4 Å². The lowest BCUT2D eigenvalue weighted by molar-refractivity contribution is -0.0750. The molecule has 2 aliphatic rings. The van der Waals surface area contributed by atoms with Gasteiger partial charge in [-0.3, -0.25) is 0 Å². The zero-order valence-electron chi connectivity index (χ0n) is 12.2. The minimum absolute atomic E-state index is 0.479. The van der Waals surface area contributed by atoms with Crippen LogP contribution in [0.1, 0.15) is 52.4 Å². The van der Waals surface area contributed by atoms with Gasteiger partial charge in [0.25, 0.3) is 0 Å². The average molecular weight is 255 g/mol. The lowest BCUT2D eigenvalue weighted by Crippen LogP contribution is -2.42. The second-order valence-electron chi connectivity index (χ2n) is 6.10. The Labute approximate surface area is 112 Å². The summed E-state index contributed by atoms with van der Waals surface area (Å²) in [7, 11) is 1.83. The Balaban J connectivity index is 1.66. The Kier molecular flexibility index (Phi) is 5.46. The van der Waals surface area contributed by atoms with Gasteiger partial charge in [0.05, 0.1) is 18.3 Å². The fourth-order valence-electron chi connectivity index (χ4n) is 3.20. The monoisotopic (exact) mass is 255 g/mol. The largest absolute Gasteiger partial charge is 0.381 e. The number of piperidine rings is 1. The van der Waals surface area contributed by atoms with Gasteiger partial charge in [0.1, 0.15) is 0 Å². The molecule has 3 nitrogen and oxygen atoms in total. The first kappa shape index (κ1) is 14.3. The first-order valence-corrected chi connectivity index (χ1v) is 7.61. The van der Waals surface area contributed by atoms with Crippen molar-refractivity contribution in [3.8, 4) is 0 Å². The second-order valence-corrected chi connectivity index (χ2v) is 6.10. The number of ether oxygens (including phenoxy) is 2. The molecule has 106 valence electrons. The van der Waals surface area contributed by atoms with E-state index in [-0.39, 0.29) is 0 Å². The van der Waals surface area contributed by atoms with Gasteiger partial charge in [-0.05, 0) is 52.4 Å². The van der Waals surface area contributed by atoms with E-state index in [1.807, 2.05) is 7.11 Å². The molecule has 0 radical (unpaired) electrons. The van der Waals surface area contributed by atoms with Crippen molar-refractivity contribution in [3.63, 3.8) is 0 Å². The van der Waals surface area contributed by atoms with E-state index in [0.717, 1.165) is 0 Å². The van der Waals surface area contributed by atoms with E-state index in [1.165, 1.54) is 51.6 Å². The van der Waals surface area contributed by atoms with Gasteiger partial charge in [0.2, 0.25) is 0 Å². The van der Waals surface area contributed by atoms with Crippen LogP contribution in [-0.2, 0) is 9.47 Å². The van der Waals surface area contributed by atoms with E-state index in [9.17, 15) is 0 Å². The van der Waals surface area contributed by atoms with E-state index in [2.05, 4.69) is 18.7 Å². The molecule has 1 heterocycles.